The highest BCUT2D eigenvalue weighted by molar-refractivity contribution is 5.92. The average molecular weight is 294 g/mol. The van der Waals surface area contributed by atoms with Crippen molar-refractivity contribution in [1.82, 2.24) is 5.32 Å². The lowest BCUT2D eigenvalue weighted by molar-refractivity contribution is -0.0205. The lowest BCUT2D eigenvalue weighted by atomic mass is 9.89. The molecule has 0 aliphatic carbocycles. The molecule has 2 aliphatic heterocycles. The number of nitrogens with one attached hydrogen (secondary N) is 1. The molecular weight excluding hydrogens is 275 g/mol. The molecule has 0 radical (unpaired) electrons. The van der Waals surface area contributed by atoms with Crippen molar-refractivity contribution in [3.63, 3.8) is 0 Å². The first-order valence-electron chi connectivity index (χ1n) is 7.19. The highest BCUT2D eigenvalue weighted by Crippen LogP contribution is 2.36. The van der Waals surface area contributed by atoms with Gasteiger partial charge in [-0.05, 0) is 44.1 Å². The monoisotopic (exact) mass is 294 g/mol. The predicted molar refractivity (Wildman–Crippen MR) is 74.7 cm³/mol. The van der Waals surface area contributed by atoms with Crippen molar-refractivity contribution < 1.29 is 18.7 Å². The van der Waals surface area contributed by atoms with Gasteiger partial charge in [0.2, 0.25) is 5.91 Å². The van der Waals surface area contributed by atoms with E-state index in [1.54, 1.807) is 0 Å². The van der Waals surface area contributed by atoms with E-state index in [0.717, 1.165) is 38.4 Å². The molecule has 2 saturated heterocycles. The number of carbonyl (C=O) groups excluding carboxylic acids is 1. The van der Waals surface area contributed by atoms with Gasteiger partial charge in [0.1, 0.15) is 6.10 Å². The Kier molecular flexibility index (Phi) is 3.82. The summed E-state index contributed by atoms with van der Waals surface area (Å²) in [5, 5.41) is 3.30. The maximum Gasteiger partial charge on any atom is 0.248 e. The number of nitrogens with two attached hydrogens (primary N) is 1. The molecule has 6 heteroatoms. The van der Waals surface area contributed by atoms with E-state index < -0.39 is 11.7 Å². The number of halogens is 1. The van der Waals surface area contributed by atoms with Gasteiger partial charge in [-0.25, -0.2) is 4.39 Å². The standard InChI is InChI=1S/C15H19FN2O3/c16-12-7-10(14(17)19)1-2-13(12)21-11-8-15(20-9-11)3-5-18-6-4-15/h1-2,7,11,18H,3-6,8-9H2,(H2,17,19). The molecular formula is C15H19FN2O3. The molecule has 1 unspecified atom stereocenters. The van der Waals surface area contributed by atoms with Crippen molar-refractivity contribution in [2.45, 2.75) is 31.0 Å². The molecule has 1 aromatic carbocycles. The van der Waals surface area contributed by atoms with Gasteiger partial charge in [-0.2, -0.15) is 0 Å². The molecule has 114 valence electrons. The number of piperidine rings is 1. The number of amides is 1. The Morgan fingerprint density at radius 2 is 2.19 bits per heavy atom. The Hall–Kier alpha value is -1.66. The molecule has 5 nitrogen and oxygen atoms in total. The average Bonchev–Trinajstić information content (AvgIpc) is 2.84. The molecule has 3 rings (SSSR count). The first kappa shape index (κ1) is 14.3. The number of rotatable bonds is 3. The maximum atomic E-state index is 13.9. The fraction of sp³-hybridized carbons (Fsp3) is 0.533. The first-order chi connectivity index (χ1) is 10.1. The van der Waals surface area contributed by atoms with Crippen molar-refractivity contribution in [2.24, 2.45) is 5.73 Å². The third-order valence-electron chi connectivity index (χ3n) is 4.20. The molecule has 1 atom stereocenters. The van der Waals surface area contributed by atoms with Gasteiger partial charge in [0.15, 0.2) is 11.6 Å². The summed E-state index contributed by atoms with van der Waals surface area (Å²) in [6.07, 6.45) is 2.52. The second-order valence-electron chi connectivity index (χ2n) is 5.70. The van der Waals surface area contributed by atoms with Crippen LogP contribution in [0.5, 0.6) is 5.75 Å². The summed E-state index contributed by atoms with van der Waals surface area (Å²) in [5.74, 6) is -1.09. The normalized spacial score (nSPS) is 24.1. The highest BCUT2D eigenvalue weighted by Gasteiger charge is 2.42. The van der Waals surface area contributed by atoms with E-state index in [4.69, 9.17) is 15.2 Å². The van der Waals surface area contributed by atoms with E-state index >= 15 is 0 Å². The summed E-state index contributed by atoms with van der Waals surface area (Å²) >= 11 is 0. The molecule has 2 aliphatic rings. The zero-order chi connectivity index (χ0) is 14.9. The minimum Gasteiger partial charge on any atom is -0.485 e. The summed E-state index contributed by atoms with van der Waals surface area (Å²) in [6.45, 7) is 2.35. The van der Waals surface area contributed by atoms with Crippen LogP contribution in [-0.4, -0.2) is 37.3 Å². The lowest BCUT2D eigenvalue weighted by Gasteiger charge is -2.32. The van der Waals surface area contributed by atoms with Crippen molar-refractivity contribution in [3.05, 3.63) is 29.6 Å². The number of benzene rings is 1. The molecule has 2 heterocycles. The van der Waals surface area contributed by atoms with Gasteiger partial charge < -0.3 is 20.5 Å². The molecule has 1 amide bonds. The lowest BCUT2D eigenvalue weighted by Crippen LogP contribution is -2.41. The van der Waals surface area contributed by atoms with Gasteiger partial charge in [0, 0.05) is 12.0 Å². The largest absolute Gasteiger partial charge is 0.485 e. The maximum absolute atomic E-state index is 13.9. The number of ether oxygens (including phenoxy) is 2. The topological polar surface area (TPSA) is 73.6 Å². The van der Waals surface area contributed by atoms with Crippen LogP contribution in [0.25, 0.3) is 0 Å². The Morgan fingerprint density at radius 1 is 1.43 bits per heavy atom. The van der Waals surface area contributed by atoms with Crippen LogP contribution in [-0.2, 0) is 4.74 Å². The molecule has 0 aromatic heterocycles. The molecule has 0 saturated carbocycles. The summed E-state index contributed by atoms with van der Waals surface area (Å²) in [6, 6.07) is 4.02. The molecule has 1 aromatic rings. The van der Waals surface area contributed by atoms with Crippen LogP contribution in [0.4, 0.5) is 4.39 Å². The van der Waals surface area contributed by atoms with Gasteiger partial charge in [0.25, 0.3) is 0 Å². The number of primary amides is 1. The quantitative estimate of drug-likeness (QED) is 0.879. The fourth-order valence-corrected chi connectivity index (χ4v) is 3.04. The zero-order valence-corrected chi connectivity index (χ0v) is 11.7. The third-order valence-corrected chi connectivity index (χ3v) is 4.20. The van der Waals surface area contributed by atoms with Crippen LogP contribution in [0, 0.1) is 5.82 Å². The Labute approximate surface area is 122 Å². The second-order valence-corrected chi connectivity index (χ2v) is 5.70. The molecule has 0 bridgehead atoms. The van der Waals surface area contributed by atoms with Crippen LogP contribution >= 0.6 is 0 Å². The van der Waals surface area contributed by atoms with Gasteiger partial charge in [-0.1, -0.05) is 0 Å². The van der Waals surface area contributed by atoms with Crippen molar-refractivity contribution in [2.75, 3.05) is 19.7 Å². The summed E-state index contributed by atoms with van der Waals surface area (Å²) < 4.78 is 25.5. The van der Waals surface area contributed by atoms with E-state index in [2.05, 4.69) is 5.32 Å². The number of hydrogen-bond acceptors (Lipinski definition) is 4. The second kappa shape index (κ2) is 5.61. The van der Waals surface area contributed by atoms with Gasteiger partial charge in [-0.15, -0.1) is 0 Å². The Bertz CT molecular complexity index is 544. The fourth-order valence-electron chi connectivity index (χ4n) is 3.04. The number of hydrogen-bond donors (Lipinski definition) is 2. The summed E-state index contributed by atoms with van der Waals surface area (Å²) in [4.78, 5) is 11.0. The SMILES string of the molecule is NC(=O)c1ccc(OC2COC3(CCNCC3)C2)c(F)c1. The minimum atomic E-state index is -0.654. The van der Waals surface area contributed by atoms with Gasteiger partial charge >= 0.3 is 0 Å². The van der Waals surface area contributed by atoms with Gasteiger partial charge in [0.05, 0.1) is 12.2 Å². The van der Waals surface area contributed by atoms with E-state index in [0.29, 0.717) is 6.61 Å². The number of carbonyl (C=O) groups is 1. The Balaban J connectivity index is 1.66. The van der Waals surface area contributed by atoms with Crippen LogP contribution in [0.2, 0.25) is 0 Å². The molecule has 1 spiro atoms. The van der Waals surface area contributed by atoms with Crippen molar-refractivity contribution in [3.8, 4) is 5.75 Å². The third kappa shape index (κ3) is 3.01. The first-order valence-corrected chi connectivity index (χ1v) is 7.19. The van der Waals surface area contributed by atoms with E-state index in [9.17, 15) is 9.18 Å². The van der Waals surface area contributed by atoms with Crippen LogP contribution in [0.1, 0.15) is 29.6 Å². The Morgan fingerprint density at radius 3 is 2.86 bits per heavy atom. The summed E-state index contributed by atoms with van der Waals surface area (Å²) in [7, 11) is 0. The summed E-state index contributed by atoms with van der Waals surface area (Å²) in [5.41, 5.74) is 5.13. The molecule has 3 N–H and O–H groups in total. The molecule has 21 heavy (non-hydrogen) atoms. The van der Waals surface area contributed by atoms with Gasteiger partial charge in [-0.3, -0.25) is 4.79 Å². The molecule has 2 fully saturated rings. The minimum absolute atomic E-state index is 0.125. The van der Waals surface area contributed by atoms with Crippen molar-refractivity contribution >= 4 is 5.91 Å². The van der Waals surface area contributed by atoms with Crippen LogP contribution < -0.4 is 15.8 Å². The van der Waals surface area contributed by atoms with E-state index in [-0.39, 0.29) is 23.0 Å². The van der Waals surface area contributed by atoms with E-state index in [1.165, 1.54) is 12.1 Å². The highest BCUT2D eigenvalue weighted by atomic mass is 19.1. The van der Waals surface area contributed by atoms with E-state index in [1.807, 2.05) is 0 Å². The van der Waals surface area contributed by atoms with Crippen LogP contribution in [0.3, 0.4) is 0 Å². The predicted octanol–water partition coefficient (Wildman–Crippen LogP) is 1.21. The zero-order valence-electron chi connectivity index (χ0n) is 11.7. The van der Waals surface area contributed by atoms with Crippen LogP contribution in [0.15, 0.2) is 18.2 Å². The van der Waals surface area contributed by atoms with Crippen molar-refractivity contribution in [1.29, 1.82) is 0 Å². The smallest absolute Gasteiger partial charge is 0.248 e.